The number of ether oxygens (including phenoxy) is 3. The van der Waals surface area contributed by atoms with Gasteiger partial charge >= 0.3 is 5.97 Å². The van der Waals surface area contributed by atoms with E-state index in [2.05, 4.69) is 5.32 Å². The van der Waals surface area contributed by atoms with Gasteiger partial charge in [0.05, 0.1) is 0 Å². The zero-order chi connectivity index (χ0) is 18.0. The van der Waals surface area contributed by atoms with Crippen LogP contribution in [-0.2, 0) is 9.53 Å². The second-order valence-electron chi connectivity index (χ2n) is 5.70. The number of anilines is 1. The first-order chi connectivity index (χ1) is 12.0. The molecule has 0 atom stereocenters. The van der Waals surface area contributed by atoms with Crippen molar-refractivity contribution < 1.29 is 28.2 Å². The maximum Gasteiger partial charge on any atom is 0.342 e. The van der Waals surface area contributed by atoms with Crippen LogP contribution in [-0.4, -0.2) is 31.7 Å². The van der Waals surface area contributed by atoms with Crippen molar-refractivity contribution in [1.29, 1.82) is 0 Å². The SMILES string of the molecule is Cc1oc(C)c(C(=O)OCC(=O)Nc2ccc3c(c2)OCCO3)c1C. The van der Waals surface area contributed by atoms with Gasteiger partial charge in [0.2, 0.25) is 0 Å². The highest BCUT2D eigenvalue weighted by atomic mass is 16.6. The minimum atomic E-state index is -0.579. The van der Waals surface area contributed by atoms with E-state index in [-0.39, 0.29) is 0 Å². The van der Waals surface area contributed by atoms with Crippen LogP contribution in [0, 0.1) is 20.8 Å². The van der Waals surface area contributed by atoms with Crippen molar-refractivity contribution in [3.63, 3.8) is 0 Å². The summed E-state index contributed by atoms with van der Waals surface area (Å²) < 4.78 is 21.4. The summed E-state index contributed by atoms with van der Waals surface area (Å²) >= 11 is 0. The molecule has 2 heterocycles. The third-order valence-corrected chi connectivity index (χ3v) is 3.93. The monoisotopic (exact) mass is 345 g/mol. The molecule has 1 amide bonds. The first-order valence-electron chi connectivity index (χ1n) is 7.89. The van der Waals surface area contributed by atoms with Gasteiger partial charge in [0.1, 0.15) is 30.3 Å². The minimum absolute atomic E-state index is 0.365. The van der Waals surface area contributed by atoms with Gasteiger partial charge in [0.15, 0.2) is 18.1 Å². The molecule has 7 nitrogen and oxygen atoms in total. The number of amides is 1. The van der Waals surface area contributed by atoms with E-state index in [0.29, 0.717) is 47.5 Å². The molecule has 0 saturated carbocycles. The van der Waals surface area contributed by atoms with Gasteiger partial charge in [-0.2, -0.15) is 0 Å². The van der Waals surface area contributed by atoms with Crippen LogP contribution in [0.5, 0.6) is 11.5 Å². The highest BCUT2D eigenvalue weighted by Gasteiger charge is 2.21. The van der Waals surface area contributed by atoms with Crippen LogP contribution in [0.1, 0.15) is 27.4 Å². The fourth-order valence-corrected chi connectivity index (χ4v) is 2.62. The van der Waals surface area contributed by atoms with Crippen molar-refractivity contribution in [3.05, 3.63) is 40.8 Å². The first kappa shape index (κ1) is 16.9. The number of esters is 1. The number of aryl methyl sites for hydroxylation is 2. The number of hydrogen-bond donors (Lipinski definition) is 1. The van der Waals surface area contributed by atoms with Crippen LogP contribution in [0.25, 0.3) is 0 Å². The molecule has 1 aromatic carbocycles. The van der Waals surface area contributed by atoms with E-state index >= 15 is 0 Å². The molecule has 0 radical (unpaired) electrons. The normalized spacial score (nSPS) is 12.6. The summed E-state index contributed by atoms with van der Waals surface area (Å²) in [6, 6.07) is 5.08. The minimum Gasteiger partial charge on any atom is -0.486 e. The molecule has 0 unspecified atom stereocenters. The van der Waals surface area contributed by atoms with Gasteiger partial charge < -0.3 is 23.9 Å². The summed E-state index contributed by atoms with van der Waals surface area (Å²) in [7, 11) is 0. The van der Waals surface area contributed by atoms with Gasteiger partial charge in [-0.05, 0) is 32.9 Å². The number of benzene rings is 1. The van der Waals surface area contributed by atoms with Crippen molar-refractivity contribution in [3.8, 4) is 11.5 Å². The number of rotatable bonds is 4. The van der Waals surface area contributed by atoms with Crippen molar-refractivity contribution in [2.45, 2.75) is 20.8 Å². The summed E-state index contributed by atoms with van der Waals surface area (Å²) in [6.07, 6.45) is 0. The molecule has 1 aromatic heterocycles. The predicted molar refractivity (Wildman–Crippen MR) is 89.3 cm³/mol. The fraction of sp³-hybridized carbons (Fsp3) is 0.333. The Morgan fingerprint density at radius 2 is 1.80 bits per heavy atom. The maximum absolute atomic E-state index is 12.1. The van der Waals surface area contributed by atoms with E-state index < -0.39 is 18.5 Å². The van der Waals surface area contributed by atoms with Crippen LogP contribution in [0.4, 0.5) is 5.69 Å². The summed E-state index contributed by atoms with van der Waals surface area (Å²) in [4.78, 5) is 24.2. The van der Waals surface area contributed by atoms with Crippen LogP contribution >= 0.6 is 0 Å². The lowest BCUT2D eigenvalue weighted by molar-refractivity contribution is -0.119. The Morgan fingerprint density at radius 3 is 2.48 bits per heavy atom. The van der Waals surface area contributed by atoms with Gasteiger partial charge in [-0.3, -0.25) is 4.79 Å². The van der Waals surface area contributed by atoms with Crippen molar-refractivity contribution in [2.24, 2.45) is 0 Å². The number of carbonyl (C=O) groups excluding carboxylic acids is 2. The number of hydrogen-bond acceptors (Lipinski definition) is 6. The van der Waals surface area contributed by atoms with Gasteiger partial charge in [0, 0.05) is 17.3 Å². The molecule has 0 bridgehead atoms. The maximum atomic E-state index is 12.1. The summed E-state index contributed by atoms with van der Waals surface area (Å²) in [5.41, 5.74) is 1.62. The molecule has 0 saturated heterocycles. The zero-order valence-electron chi connectivity index (χ0n) is 14.3. The third-order valence-electron chi connectivity index (χ3n) is 3.93. The van der Waals surface area contributed by atoms with Crippen molar-refractivity contribution in [2.75, 3.05) is 25.1 Å². The van der Waals surface area contributed by atoms with Crippen LogP contribution in [0.2, 0.25) is 0 Å². The van der Waals surface area contributed by atoms with E-state index in [1.807, 2.05) is 0 Å². The lowest BCUT2D eigenvalue weighted by Gasteiger charge is -2.19. The molecule has 1 aliphatic heterocycles. The van der Waals surface area contributed by atoms with Crippen LogP contribution in [0.15, 0.2) is 22.6 Å². The molecule has 1 aliphatic rings. The number of nitrogens with one attached hydrogen (secondary N) is 1. The summed E-state index contributed by atoms with van der Waals surface area (Å²) in [5, 5.41) is 2.66. The Labute approximate surface area is 144 Å². The summed E-state index contributed by atoms with van der Waals surface area (Å²) in [6.45, 7) is 5.80. The third kappa shape index (κ3) is 3.60. The molecule has 3 rings (SSSR count). The predicted octanol–water partition coefficient (Wildman–Crippen LogP) is 2.77. The molecule has 1 N–H and O–H groups in total. The molecule has 7 heteroatoms. The quantitative estimate of drug-likeness (QED) is 0.858. The highest BCUT2D eigenvalue weighted by molar-refractivity contribution is 5.96. The van der Waals surface area contributed by atoms with E-state index in [9.17, 15) is 9.59 Å². The smallest absolute Gasteiger partial charge is 0.342 e. The summed E-state index contributed by atoms with van der Waals surface area (Å²) in [5.74, 6) is 1.32. The Morgan fingerprint density at radius 1 is 1.08 bits per heavy atom. The largest absolute Gasteiger partial charge is 0.486 e. The van der Waals surface area contributed by atoms with Crippen LogP contribution in [0.3, 0.4) is 0 Å². The molecular weight excluding hydrogens is 326 g/mol. The Balaban J connectivity index is 1.59. The number of furan rings is 1. The van der Waals surface area contributed by atoms with Crippen molar-refractivity contribution >= 4 is 17.6 Å². The Kier molecular flexibility index (Phi) is 4.65. The second-order valence-corrected chi connectivity index (χ2v) is 5.70. The van der Waals surface area contributed by atoms with Gasteiger partial charge in [-0.1, -0.05) is 0 Å². The standard InChI is InChI=1S/C18H19NO6/c1-10-11(2)25-12(3)17(10)18(21)24-9-16(20)19-13-4-5-14-15(8-13)23-7-6-22-14/h4-5,8H,6-7,9H2,1-3H3,(H,19,20). The van der Waals surface area contributed by atoms with Crippen molar-refractivity contribution in [1.82, 2.24) is 0 Å². The zero-order valence-corrected chi connectivity index (χ0v) is 14.3. The lowest BCUT2D eigenvalue weighted by atomic mass is 10.1. The molecular formula is C18H19NO6. The van der Waals surface area contributed by atoms with E-state index in [0.717, 1.165) is 5.56 Å². The van der Waals surface area contributed by atoms with Gasteiger partial charge in [0.25, 0.3) is 5.91 Å². The van der Waals surface area contributed by atoms with Gasteiger partial charge in [-0.15, -0.1) is 0 Å². The Bertz CT molecular complexity index is 823. The van der Waals surface area contributed by atoms with Crippen LogP contribution < -0.4 is 14.8 Å². The number of fused-ring (bicyclic) bond motifs is 1. The Hall–Kier alpha value is -2.96. The topological polar surface area (TPSA) is 87.0 Å². The van der Waals surface area contributed by atoms with E-state index in [1.54, 1.807) is 39.0 Å². The molecule has 0 spiro atoms. The average Bonchev–Trinajstić information content (AvgIpc) is 2.85. The second kappa shape index (κ2) is 6.88. The first-order valence-corrected chi connectivity index (χ1v) is 7.89. The van der Waals surface area contributed by atoms with E-state index in [1.165, 1.54) is 0 Å². The molecule has 2 aromatic rings. The molecule has 0 aliphatic carbocycles. The number of carbonyl (C=O) groups is 2. The van der Waals surface area contributed by atoms with E-state index in [4.69, 9.17) is 18.6 Å². The molecule has 0 fully saturated rings. The highest BCUT2D eigenvalue weighted by Crippen LogP contribution is 2.32. The lowest BCUT2D eigenvalue weighted by Crippen LogP contribution is -2.21. The fourth-order valence-electron chi connectivity index (χ4n) is 2.62. The average molecular weight is 345 g/mol. The molecule has 132 valence electrons. The molecule has 25 heavy (non-hydrogen) atoms. The van der Waals surface area contributed by atoms with Gasteiger partial charge in [-0.25, -0.2) is 4.79 Å².